The van der Waals surface area contributed by atoms with Gasteiger partial charge in [-0.3, -0.25) is 4.79 Å². The van der Waals surface area contributed by atoms with Gasteiger partial charge in [0.25, 0.3) is 5.91 Å². The molecule has 0 bridgehead atoms. The summed E-state index contributed by atoms with van der Waals surface area (Å²) >= 11 is 0. The molecule has 25 heavy (non-hydrogen) atoms. The van der Waals surface area contributed by atoms with Crippen LogP contribution in [0.5, 0.6) is 0 Å². The van der Waals surface area contributed by atoms with E-state index in [9.17, 15) is 44.3 Å². The highest BCUT2D eigenvalue weighted by molar-refractivity contribution is 5.95. The van der Waals surface area contributed by atoms with Gasteiger partial charge in [0, 0.05) is 11.8 Å². The quantitative estimate of drug-likeness (QED) is 0.681. The van der Waals surface area contributed by atoms with Crippen molar-refractivity contribution in [1.82, 2.24) is 9.78 Å². The average molecular weight is 376 g/mol. The van der Waals surface area contributed by atoms with Crippen molar-refractivity contribution in [1.29, 1.82) is 0 Å². The Morgan fingerprint density at radius 2 is 1.28 bits per heavy atom. The fraction of sp³-hybridized carbons (Fsp3) is 0.231. The van der Waals surface area contributed by atoms with Crippen LogP contribution in [0.1, 0.15) is 27.2 Å². The monoisotopic (exact) mass is 376 g/mol. The van der Waals surface area contributed by atoms with Crippen LogP contribution in [0, 0.1) is 0 Å². The average Bonchev–Trinajstić information content (AvgIpc) is 2.94. The van der Waals surface area contributed by atoms with E-state index in [-0.39, 0.29) is 22.9 Å². The largest absolute Gasteiger partial charge is 0.435 e. The first-order valence-corrected chi connectivity index (χ1v) is 6.16. The molecule has 0 radical (unpaired) electrons. The Kier molecular flexibility index (Phi) is 4.34. The van der Waals surface area contributed by atoms with Crippen LogP contribution in [0.3, 0.4) is 0 Å². The number of benzene rings is 1. The Labute approximate surface area is 132 Å². The molecule has 3 nitrogen and oxygen atoms in total. The standard InChI is InChI=1S/C13H5F9N2O/c14-11(15,16)7-3-6(4-8(5-7)12(17,18)19)10(25)24-2-1-9(23-24)13(20,21)22/h1-5H. The molecule has 0 amide bonds. The first-order valence-electron chi connectivity index (χ1n) is 6.16. The highest BCUT2D eigenvalue weighted by Gasteiger charge is 2.38. The van der Waals surface area contributed by atoms with Gasteiger partial charge in [-0.1, -0.05) is 0 Å². The van der Waals surface area contributed by atoms with E-state index < -0.39 is 46.8 Å². The summed E-state index contributed by atoms with van der Waals surface area (Å²) in [6.07, 6.45) is -14.8. The molecule has 1 heterocycles. The highest BCUT2D eigenvalue weighted by atomic mass is 19.4. The minimum absolute atomic E-state index is 0.0124. The predicted molar refractivity (Wildman–Crippen MR) is 63.4 cm³/mol. The summed E-state index contributed by atoms with van der Waals surface area (Å²) in [6, 6.07) is 0.357. The van der Waals surface area contributed by atoms with E-state index in [0.29, 0.717) is 12.3 Å². The van der Waals surface area contributed by atoms with Crippen LogP contribution >= 0.6 is 0 Å². The lowest BCUT2D eigenvalue weighted by Gasteiger charge is -2.13. The number of aromatic nitrogens is 2. The number of halogens is 9. The van der Waals surface area contributed by atoms with Crippen LogP contribution in [0.4, 0.5) is 39.5 Å². The summed E-state index contributed by atoms with van der Waals surface area (Å²) in [5.41, 5.74) is -6.18. The Hall–Kier alpha value is -2.53. The summed E-state index contributed by atoms with van der Waals surface area (Å²) in [7, 11) is 0. The van der Waals surface area contributed by atoms with Crippen LogP contribution in [0.2, 0.25) is 0 Å². The van der Waals surface area contributed by atoms with Crippen LogP contribution in [-0.2, 0) is 18.5 Å². The SMILES string of the molecule is O=C(c1cc(C(F)(F)F)cc(C(F)(F)F)c1)n1ccc(C(F)(F)F)n1. The third-order valence-electron chi connectivity index (χ3n) is 2.92. The molecule has 0 N–H and O–H groups in total. The maximum Gasteiger partial charge on any atom is 0.435 e. The maximum absolute atomic E-state index is 12.7. The molecule has 0 saturated heterocycles. The fourth-order valence-corrected chi connectivity index (χ4v) is 1.80. The van der Waals surface area contributed by atoms with E-state index in [4.69, 9.17) is 0 Å². The van der Waals surface area contributed by atoms with E-state index in [1.54, 1.807) is 0 Å². The topological polar surface area (TPSA) is 34.9 Å². The van der Waals surface area contributed by atoms with Gasteiger partial charge in [0.1, 0.15) is 0 Å². The minimum Gasteiger partial charge on any atom is -0.267 e. The van der Waals surface area contributed by atoms with Gasteiger partial charge in [-0.15, -0.1) is 0 Å². The van der Waals surface area contributed by atoms with Gasteiger partial charge in [0.2, 0.25) is 0 Å². The van der Waals surface area contributed by atoms with Gasteiger partial charge >= 0.3 is 18.5 Å². The lowest BCUT2D eigenvalue weighted by atomic mass is 10.0. The first-order chi connectivity index (χ1) is 11.2. The molecule has 1 aromatic heterocycles. The molecule has 0 aliphatic rings. The molecule has 0 atom stereocenters. The molecule has 136 valence electrons. The van der Waals surface area contributed by atoms with E-state index in [2.05, 4.69) is 5.10 Å². The fourth-order valence-electron chi connectivity index (χ4n) is 1.80. The molecule has 0 saturated carbocycles. The summed E-state index contributed by atoms with van der Waals surface area (Å²) in [5.74, 6) is -1.58. The number of hydrogen-bond donors (Lipinski definition) is 0. The maximum atomic E-state index is 12.7. The molecule has 0 aliphatic heterocycles. The van der Waals surface area contributed by atoms with E-state index in [1.807, 2.05) is 0 Å². The second-order valence-electron chi connectivity index (χ2n) is 4.74. The zero-order chi connectivity index (χ0) is 19.2. The lowest BCUT2D eigenvalue weighted by Crippen LogP contribution is -2.18. The smallest absolute Gasteiger partial charge is 0.267 e. The Morgan fingerprint density at radius 1 is 0.800 bits per heavy atom. The Balaban J connectivity index is 2.54. The van der Waals surface area contributed by atoms with Crippen molar-refractivity contribution >= 4 is 5.91 Å². The van der Waals surface area contributed by atoms with Crippen LogP contribution in [-0.4, -0.2) is 15.7 Å². The Bertz CT molecular complexity index is 767. The number of rotatable bonds is 1. The summed E-state index contributed by atoms with van der Waals surface area (Å²) < 4.78 is 114. The number of nitrogens with zero attached hydrogens (tertiary/aromatic N) is 2. The van der Waals surface area contributed by atoms with Gasteiger partial charge in [-0.05, 0) is 24.3 Å². The minimum atomic E-state index is -5.20. The molecule has 2 rings (SSSR count). The third-order valence-corrected chi connectivity index (χ3v) is 2.92. The van der Waals surface area contributed by atoms with Crippen LogP contribution in [0.25, 0.3) is 0 Å². The molecule has 2 aromatic rings. The van der Waals surface area contributed by atoms with Crippen molar-refractivity contribution in [2.75, 3.05) is 0 Å². The van der Waals surface area contributed by atoms with Gasteiger partial charge < -0.3 is 0 Å². The Morgan fingerprint density at radius 3 is 1.64 bits per heavy atom. The van der Waals surface area contributed by atoms with Crippen molar-refractivity contribution in [2.45, 2.75) is 18.5 Å². The summed E-state index contributed by atoms with van der Waals surface area (Å²) in [6.45, 7) is 0. The third kappa shape index (κ3) is 4.12. The molecule has 1 aromatic carbocycles. The zero-order valence-electron chi connectivity index (χ0n) is 11.6. The van der Waals surface area contributed by atoms with Gasteiger partial charge in [0.15, 0.2) is 5.69 Å². The van der Waals surface area contributed by atoms with E-state index in [1.165, 1.54) is 0 Å². The number of hydrogen-bond acceptors (Lipinski definition) is 2. The second-order valence-corrected chi connectivity index (χ2v) is 4.74. The normalized spacial score (nSPS) is 13.2. The van der Waals surface area contributed by atoms with Gasteiger partial charge in [-0.2, -0.15) is 44.6 Å². The molecule has 0 spiro atoms. The predicted octanol–water partition coefficient (Wildman–Crippen LogP) is 4.63. The zero-order valence-corrected chi connectivity index (χ0v) is 11.6. The summed E-state index contributed by atoms with van der Waals surface area (Å²) in [5, 5.41) is 2.82. The van der Waals surface area contributed by atoms with Crippen molar-refractivity contribution in [3.63, 3.8) is 0 Å². The number of alkyl halides is 9. The summed E-state index contributed by atoms with van der Waals surface area (Å²) in [4.78, 5) is 11.9. The second kappa shape index (κ2) is 5.77. The van der Waals surface area contributed by atoms with Crippen molar-refractivity contribution in [3.05, 3.63) is 52.8 Å². The highest BCUT2D eigenvalue weighted by Crippen LogP contribution is 2.36. The van der Waals surface area contributed by atoms with Gasteiger partial charge in [0.05, 0.1) is 11.1 Å². The molecular formula is C13H5F9N2O. The molecule has 12 heteroatoms. The van der Waals surface area contributed by atoms with Crippen LogP contribution in [0.15, 0.2) is 30.5 Å². The van der Waals surface area contributed by atoms with Crippen LogP contribution < -0.4 is 0 Å². The van der Waals surface area contributed by atoms with Gasteiger partial charge in [-0.25, -0.2) is 4.68 Å². The first kappa shape index (κ1) is 18.8. The number of carbonyl (C=O) groups excluding carboxylic acids is 1. The van der Waals surface area contributed by atoms with E-state index >= 15 is 0 Å². The number of carbonyl (C=O) groups is 1. The molecule has 0 unspecified atom stereocenters. The lowest BCUT2D eigenvalue weighted by molar-refractivity contribution is -0.143. The molecular weight excluding hydrogens is 371 g/mol. The van der Waals surface area contributed by atoms with Crippen molar-refractivity contribution < 1.29 is 44.3 Å². The van der Waals surface area contributed by atoms with Crippen molar-refractivity contribution in [3.8, 4) is 0 Å². The van der Waals surface area contributed by atoms with E-state index in [0.717, 1.165) is 0 Å². The molecule has 0 fully saturated rings. The van der Waals surface area contributed by atoms with Crippen molar-refractivity contribution in [2.24, 2.45) is 0 Å². The molecule has 0 aliphatic carbocycles.